The summed E-state index contributed by atoms with van der Waals surface area (Å²) in [6.45, 7) is 3.97. The first-order valence-electron chi connectivity index (χ1n) is 8.58. The van der Waals surface area contributed by atoms with Crippen molar-refractivity contribution in [2.75, 3.05) is 0 Å². The van der Waals surface area contributed by atoms with Crippen LogP contribution in [0.25, 0.3) is 32.7 Å². The van der Waals surface area contributed by atoms with Gasteiger partial charge in [-0.25, -0.2) is 9.07 Å². The predicted molar refractivity (Wildman–Crippen MR) is 104 cm³/mol. The zero-order valence-electron chi connectivity index (χ0n) is 15.0. The van der Waals surface area contributed by atoms with Gasteiger partial charge in [0, 0.05) is 5.56 Å². The van der Waals surface area contributed by atoms with Crippen LogP contribution in [0.15, 0.2) is 48.5 Å². The van der Waals surface area contributed by atoms with Crippen molar-refractivity contribution in [2.24, 2.45) is 0 Å². The van der Waals surface area contributed by atoms with Gasteiger partial charge in [0.15, 0.2) is 5.69 Å². The van der Waals surface area contributed by atoms with Gasteiger partial charge in [-0.15, -0.1) is 15.3 Å². The van der Waals surface area contributed by atoms with Crippen LogP contribution in [-0.2, 0) is 0 Å². The van der Waals surface area contributed by atoms with Crippen LogP contribution in [0.4, 0.5) is 4.39 Å². The van der Waals surface area contributed by atoms with Gasteiger partial charge >= 0.3 is 0 Å². The SMILES string of the molecule is Cc1ccc(-n2nnc(-c3nnc4sc(-c5ccc(F)cc5)nn34)c2C)cc1. The molecule has 0 bridgehead atoms. The van der Waals surface area contributed by atoms with Gasteiger partial charge in [-0.05, 0) is 50.2 Å². The van der Waals surface area contributed by atoms with E-state index < -0.39 is 0 Å². The molecule has 0 unspecified atom stereocenters. The van der Waals surface area contributed by atoms with Crippen molar-refractivity contribution in [3.8, 4) is 27.8 Å². The summed E-state index contributed by atoms with van der Waals surface area (Å²) in [5.41, 5.74) is 4.38. The summed E-state index contributed by atoms with van der Waals surface area (Å²) in [5.74, 6) is 0.242. The van der Waals surface area contributed by atoms with Gasteiger partial charge in [0.1, 0.15) is 10.8 Å². The van der Waals surface area contributed by atoms with Crippen LogP contribution in [0.5, 0.6) is 0 Å². The van der Waals surface area contributed by atoms with E-state index in [1.54, 1.807) is 21.3 Å². The zero-order valence-corrected chi connectivity index (χ0v) is 15.9. The first-order chi connectivity index (χ1) is 13.6. The molecule has 138 valence electrons. The number of hydrogen-bond acceptors (Lipinski definition) is 6. The highest BCUT2D eigenvalue weighted by Crippen LogP contribution is 2.29. The van der Waals surface area contributed by atoms with Gasteiger partial charge in [-0.1, -0.05) is 34.2 Å². The minimum atomic E-state index is -0.282. The zero-order chi connectivity index (χ0) is 19.3. The predicted octanol–water partition coefficient (Wildman–Crippen LogP) is 3.86. The van der Waals surface area contributed by atoms with Gasteiger partial charge in [0.25, 0.3) is 0 Å². The van der Waals surface area contributed by atoms with Gasteiger partial charge in [0.2, 0.25) is 10.8 Å². The van der Waals surface area contributed by atoms with Crippen LogP contribution in [0.3, 0.4) is 0 Å². The third kappa shape index (κ3) is 2.67. The van der Waals surface area contributed by atoms with E-state index in [-0.39, 0.29) is 5.82 Å². The lowest BCUT2D eigenvalue weighted by Gasteiger charge is -2.03. The maximum absolute atomic E-state index is 13.2. The van der Waals surface area contributed by atoms with E-state index in [0.717, 1.165) is 22.0 Å². The number of aryl methyl sites for hydroxylation is 1. The average molecular weight is 391 g/mol. The Morgan fingerprint density at radius 1 is 0.893 bits per heavy atom. The Morgan fingerprint density at radius 3 is 2.39 bits per heavy atom. The molecule has 7 nitrogen and oxygen atoms in total. The average Bonchev–Trinajstić information content (AvgIpc) is 3.38. The van der Waals surface area contributed by atoms with E-state index >= 15 is 0 Å². The lowest BCUT2D eigenvalue weighted by atomic mass is 10.2. The minimum absolute atomic E-state index is 0.282. The van der Waals surface area contributed by atoms with Crippen molar-refractivity contribution in [3.05, 3.63) is 65.6 Å². The third-order valence-corrected chi connectivity index (χ3v) is 5.41. The topological polar surface area (TPSA) is 73.8 Å². The van der Waals surface area contributed by atoms with Gasteiger partial charge in [0.05, 0.1) is 11.4 Å². The smallest absolute Gasteiger partial charge is 0.217 e. The summed E-state index contributed by atoms with van der Waals surface area (Å²) < 4.78 is 16.6. The Balaban J connectivity index is 1.58. The summed E-state index contributed by atoms with van der Waals surface area (Å²) in [7, 11) is 0. The minimum Gasteiger partial charge on any atom is -0.217 e. The molecule has 0 saturated carbocycles. The Bertz CT molecular complexity index is 1280. The molecule has 2 aromatic carbocycles. The first-order valence-corrected chi connectivity index (χ1v) is 9.40. The number of aromatic nitrogens is 7. The molecule has 3 heterocycles. The highest BCUT2D eigenvalue weighted by Gasteiger charge is 2.20. The Morgan fingerprint density at radius 2 is 1.64 bits per heavy atom. The fourth-order valence-electron chi connectivity index (χ4n) is 2.94. The number of benzene rings is 2. The van der Waals surface area contributed by atoms with Gasteiger partial charge in [-0.2, -0.15) is 9.61 Å². The van der Waals surface area contributed by atoms with Crippen LogP contribution in [0, 0.1) is 19.7 Å². The van der Waals surface area contributed by atoms with Crippen LogP contribution in [0.1, 0.15) is 11.3 Å². The third-order valence-electron chi connectivity index (χ3n) is 4.47. The molecular weight excluding hydrogens is 377 g/mol. The molecule has 0 fully saturated rings. The molecule has 9 heteroatoms. The summed E-state index contributed by atoms with van der Waals surface area (Å²) in [6.07, 6.45) is 0. The molecule has 5 aromatic rings. The molecule has 0 amide bonds. The Hall–Kier alpha value is -3.46. The second-order valence-electron chi connectivity index (χ2n) is 6.40. The monoisotopic (exact) mass is 391 g/mol. The highest BCUT2D eigenvalue weighted by molar-refractivity contribution is 7.19. The van der Waals surface area contributed by atoms with E-state index in [0.29, 0.717) is 16.5 Å². The van der Waals surface area contributed by atoms with Crippen LogP contribution < -0.4 is 0 Å². The van der Waals surface area contributed by atoms with Crippen molar-refractivity contribution < 1.29 is 4.39 Å². The molecular formula is C19H14FN7S. The van der Waals surface area contributed by atoms with E-state index in [1.165, 1.54) is 29.0 Å². The molecule has 0 aliphatic carbocycles. The largest absolute Gasteiger partial charge is 0.235 e. The molecule has 0 saturated heterocycles. The van der Waals surface area contributed by atoms with Crippen molar-refractivity contribution >= 4 is 16.3 Å². The van der Waals surface area contributed by atoms with E-state index in [4.69, 9.17) is 0 Å². The second-order valence-corrected chi connectivity index (χ2v) is 7.36. The van der Waals surface area contributed by atoms with Crippen LogP contribution in [0.2, 0.25) is 0 Å². The van der Waals surface area contributed by atoms with Crippen LogP contribution >= 0.6 is 11.3 Å². The standard InChI is InChI=1S/C19H14FN7S/c1-11-3-9-15(10-4-11)26-12(2)16(21-25-26)17-22-23-19-27(17)24-18(28-19)13-5-7-14(20)8-6-13/h3-10H,1-2H3. The molecule has 28 heavy (non-hydrogen) atoms. The van der Waals surface area contributed by atoms with Crippen molar-refractivity contribution in [2.45, 2.75) is 13.8 Å². The lowest BCUT2D eigenvalue weighted by Crippen LogP contribution is -1.99. The normalized spacial score (nSPS) is 11.4. The number of rotatable bonds is 3. The van der Waals surface area contributed by atoms with Crippen molar-refractivity contribution in [3.63, 3.8) is 0 Å². The fraction of sp³-hybridized carbons (Fsp3) is 0.105. The second kappa shape index (κ2) is 6.31. The number of hydrogen-bond donors (Lipinski definition) is 0. The number of halogens is 1. The molecule has 0 atom stereocenters. The summed E-state index contributed by atoms with van der Waals surface area (Å²) in [5, 5.41) is 22.4. The first kappa shape index (κ1) is 16.7. The molecule has 0 spiro atoms. The molecule has 0 N–H and O–H groups in total. The van der Waals surface area contributed by atoms with Gasteiger partial charge < -0.3 is 0 Å². The Kier molecular flexibility index (Phi) is 3.76. The maximum atomic E-state index is 13.2. The molecule has 5 rings (SSSR count). The molecule has 3 aromatic heterocycles. The summed E-state index contributed by atoms with van der Waals surface area (Å²) >= 11 is 1.38. The fourth-order valence-corrected chi connectivity index (χ4v) is 3.79. The van der Waals surface area contributed by atoms with Gasteiger partial charge in [-0.3, -0.25) is 0 Å². The Labute approximate surface area is 163 Å². The van der Waals surface area contributed by atoms with E-state index in [1.807, 2.05) is 38.1 Å². The van der Waals surface area contributed by atoms with E-state index in [2.05, 4.69) is 25.6 Å². The van der Waals surface area contributed by atoms with Crippen LogP contribution in [-0.4, -0.2) is 34.8 Å². The summed E-state index contributed by atoms with van der Waals surface area (Å²) in [4.78, 5) is 0.638. The highest BCUT2D eigenvalue weighted by atomic mass is 32.1. The summed E-state index contributed by atoms with van der Waals surface area (Å²) in [6, 6.07) is 14.3. The van der Waals surface area contributed by atoms with Crippen molar-refractivity contribution in [1.29, 1.82) is 0 Å². The van der Waals surface area contributed by atoms with E-state index in [9.17, 15) is 4.39 Å². The molecule has 0 aliphatic heterocycles. The maximum Gasteiger partial charge on any atom is 0.235 e. The number of nitrogens with zero attached hydrogens (tertiary/aromatic N) is 7. The lowest BCUT2D eigenvalue weighted by molar-refractivity contribution is 0.628. The quantitative estimate of drug-likeness (QED) is 0.467. The van der Waals surface area contributed by atoms with Crippen molar-refractivity contribution in [1.82, 2.24) is 34.8 Å². The molecule has 0 radical (unpaired) electrons. The number of fused-ring (bicyclic) bond motifs is 1. The molecule has 0 aliphatic rings.